The molecule has 0 spiro atoms. The Morgan fingerprint density at radius 3 is 2.62 bits per heavy atom. The molecule has 84 valence electrons. The first kappa shape index (κ1) is 10.7. The standard InChI is InChI=1S/C12H13NO3/c1-16-9-4-2-8(3-5-9)10-6-7-11(13-10)12(14)15/h2-5,11H,6-7H2,1H3,(H,14,15)/t11-/m1/s1. The van der Waals surface area contributed by atoms with E-state index in [1.807, 2.05) is 24.3 Å². The van der Waals surface area contributed by atoms with Gasteiger partial charge in [-0.2, -0.15) is 0 Å². The monoisotopic (exact) mass is 219 g/mol. The lowest BCUT2D eigenvalue weighted by atomic mass is 10.1. The topological polar surface area (TPSA) is 58.9 Å². The van der Waals surface area contributed by atoms with Crippen molar-refractivity contribution in [1.29, 1.82) is 0 Å². The molecule has 0 fully saturated rings. The Morgan fingerprint density at radius 1 is 1.44 bits per heavy atom. The number of carbonyl (C=O) groups is 1. The minimum atomic E-state index is -0.844. The quantitative estimate of drug-likeness (QED) is 0.842. The third-order valence-corrected chi connectivity index (χ3v) is 2.67. The summed E-state index contributed by atoms with van der Waals surface area (Å²) < 4.78 is 5.06. The van der Waals surface area contributed by atoms with Crippen molar-refractivity contribution in [1.82, 2.24) is 0 Å². The minimum Gasteiger partial charge on any atom is -0.497 e. The van der Waals surface area contributed by atoms with Crippen LogP contribution in [0.5, 0.6) is 5.75 Å². The smallest absolute Gasteiger partial charge is 0.328 e. The average Bonchev–Trinajstić information content (AvgIpc) is 2.78. The molecule has 0 saturated carbocycles. The van der Waals surface area contributed by atoms with E-state index in [0.29, 0.717) is 6.42 Å². The van der Waals surface area contributed by atoms with Gasteiger partial charge in [-0.25, -0.2) is 4.79 Å². The first-order valence-electron chi connectivity index (χ1n) is 5.14. The van der Waals surface area contributed by atoms with Gasteiger partial charge in [0.15, 0.2) is 0 Å². The maximum atomic E-state index is 10.8. The number of rotatable bonds is 3. The largest absolute Gasteiger partial charge is 0.497 e. The van der Waals surface area contributed by atoms with Crippen LogP contribution >= 0.6 is 0 Å². The Hall–Kier alpha value is -1.84. The highest BCUT2D eigenvalue weighted by Crippen LogP contribution is 2.20. The fourth-order valence-corrected chi connectivity index (χ4v) is 1.77. The number of ether oxygens (including phenoxy) is 1. The van der Waals surface area contributed by atoms with Crippen LogP contribution < -0.4 is 4.74 Å². The highest BCUT2D eigenvalue weighted by Gasteiger charge is 2.24. The van der Waals surface area contributed by atoms with Gasteiger partial charge in [0.25, 0.3) is 0 Å². The van der Waals surface area contributed by atoms with Crippen LogP contribution in [0.25, 0.3) is 0 Å². The van der Waals surface area contributed by atoms with E-state index in [2.05, 4.69) is 4.99 Å². The predicted octanol–water partition coefficient (Wildman–Crippen LogP) is 1.73. The number of methoxy groups -OCH3 is 1. The van der Waals surface area contributed by atoms with Crippen LogP contribution in [0.1, 0.15) is 18.4 Å². The Labute approximate surface area is 93.6 Å². The van der Waals surface area contributed by atoms with Crippen molar-refractivity contribution in [3.05, 3.63) is 29.8 Å². The highest BCUT2D eigenvalue weighted by molar-refractivity contribution is 6.03. The fourth-order valence-electron chi connectivity index (χ4n) is 1.77. The summed E-state index contributed by atoms with van der Waals surface area (Å²) in [5.74, 6) is -0.0550. The molecule has 16 heavy (non-hydrogen) atoms. The number of aliphatic imine (C=N–C) groups is 1. The van der Waals surface area contributed by atoms with Crippen molar-refractivity contribution in [2.24, 2.45) is 4.99 Å². The third-order valence-electron chi connectivity index (χ3n) is 2.67. The summed E-state index contributed by atoms with van der Waals surface area (Å²) in [7, 11) is 1.61. The van der Waals surface area contributed by atoms with E-state index in [4.69, 9.17) is 9.84 Å². The molecule has 0 amide bonds. The molecule has 1 N–H and O–H groups in total. The maximum absolute atomic E-state index is 10.8. The van der Waals surface area contributed by atoms with E-state index in [0.717, 1.165) is 23.4 Å². The highest BCUT2D eigenvalue weighted by atomic mass is 16.5. The fraction of sp³-hybridized carbons (Fsp3) is 0.333. The second-order valence-corrected chi connectivity index (χ2v) is 3.70. The molecule has 4 nitrogen and oxygen atoms in total. The molecule has 0 radical (unpaired) electrons. The van der Waals surface area contributed by atoms with Gasteiger partial charge in [0.1, 0.15) is 11.8 Å². The number of carboxylic acid groups (broad SMARTS) is 1. The molecule has 0 unspecified atom stereocenters. The van der Waals surface area contributed by atoms with Gasteiger partial charge in [0.2, 0.25) is 0 Å². The van der Waals surface area contributed by atoms with Gasteiger partial charge in [0.05, 0.1) is 7.11 Å². The normalized spacial score (nSPS) is 19.3. The number of nitrogens with zero attached hydrogens (tertiary/aromatic N) is 1. The van der Waals surface area contributed by atoms with Gasteiger partial charge in [-0.15, -0.1) is 0 Å². The summed E-state index contributed by atoms with van der Waals surface area (Å²) in [4.78, 5) is 14.9. The first-order chi connectivity index (χ1) is 7.70. The molecular weight excluding hydrogens is 206 g/mol. The van der Waals surface area contributed by atoms with Gasteiger partial charge < -0.3 is 9.84 Å². The van der Waals surface area contributed by atoms with E-state index >= 15 is 0 Å². The molecule has 1 aliphatic heterocycles. The van der Waals surface area contributed by atoms with Crippen LogP contribution in [0.4, 0.5) is 0 Å². The molecule has 1 heterocycles. The third kappa shape index (κ3) is 2.05. The second kappa shape index (κ2) is 4.35. The van der Waals surface area contributed by atoms with Gasteiger partial charge >= 0.3 is 5.97 Å². The molecule has 0 bridgehead atoms. The number of benzene rings is 1. The van der Waals surface area contributed by atoms with Crippen LogP contribution in [0.2, 0.25) is 0 Å². The summed E-state index contributed by atoms with van der Waals surface area (Å²) in [6, 6.07) is 6.94. The van der Waals surface area contributed by atoms with E-state index in [1.165, 1.54) is 0 Å². The van der Waals surface area contributed by atoms with Crippen molar-refractivity contribution in [2.75, 3.05) is 7.11 Å². The van der Waals surface area contributed by atoms with Crippen molar-refractivity contribution in [3.63, 3.8) is 0 Å². The summed E-state index contributed by atoms with van der Waals surface area (Å²) in [5.41, 5.74) is 1.85. The van der Waals surface area contributed by atoms with Crippen molar-refractivity contribution >= 4 is 11.7 Å². The number of hydrogen-bond acceptors (Lipinski definition) is 3. The number of carboxylic acids is 1. The zero-order chi connectivity index (χ0) is 11.5. The van der Waals surface area contributed by atoms with Crippen molar-refractivity contribution < 1.29 is 14.6 Å². The SMILES string of the molecule is COc1ccc(C2=N[C@@H](C(=O)O)CC2)cc1. The maximum Gasteiger partial charge on any atom is 0.328 e. The molecule has 2 rings (SSSR count). The Morgan fingerprint density at radius 2 is 2.12 bits per heavy atom. The van der Waals surface area contributed by atoms with E-state index in [-0.39, 0.29) is 0 Å². The molecule has 1 aromatic rings. The molecule has 4 heteroatoms. The van der Waals surface area contributed by atoms with Crippen LogP contribution in [-0.2, 0) is 4.79 Å². The van der Waals surface area contributed by atoms with E-state index in [9.17, 15) is 4.79 Å². The Kier molecular flexibility index (Phi) is 2.90. The zero-order valence-corrected chi connectivity index (χ0v) is 9.01. The number of aliphatic carboxylic acids is 1. The van der Waals surface area contributed by atoms with E-state index in [1.54, 1.807) is 7.11 Å². The number of hydrogen-bond donors (Lipinski definition) is 1. The summed E-state index contributed by atoms with van der Waals surface area (Å²) in [6.07, 6.45) is 1.32. The molecule has 0 aromatic heterocycles. The summed E-state index contributed by atoms with van der Waals surface area (Å²) >= 11 is 0. The average molecular weight is 219 g/mol. The van der Waals surface area contributed by atoms with Crippen molar-refractivity contribution in [3.8, 4) is 5.75 Å². The van der Waals surface area contributed by atoms with Gasteiger partial charge in [-0.3, -0.25) is 4.99 Å². The summed E-state index contributed by atoms with van der Waals surface area (Å²) in [6.45, 7) is 0. The van der Waals surface area contributed by atoms with Crippen LogP contribution in [0, 0.1) is 0 Å². The van der Waals surface area contributed by atoms with Gasteiger partial charge in [0, 0.05) is 5.71 Å². The minimum absolute atomic E-state index is 0.572. The van der Waals surface area contributed by atoms with Crippen molar-refractivity contribution in [2.45, 2.75) is 18.9 Å². The van der Waals surface area contributed by atoms with Gasteiger partial charge in [-0.05, 0) is 42.7 Å². The van der Waals surface area contributed by atoms with Crippen LogP contribution in [-0.4, -0.2) is 29.9 Å². The lowest BCUT2D eigenvalue weighted by Crippen LogP contribution is -2.13. The van der Waals surface area contributed by atoms with Gasteiger partial charge in [-0.1, -0.05) is 0 Å². The zero-order valence-electron chi connectivity index (χ0n) is 9.01. The molecule has 0 aliphatic carbocycles. The molecule has 1 atom stereocenters. The molecule has 0 saturated heterocycles. The first-order valence-corrected chi connectivity index (χ1v) is 5.14. The summed E-state index contributed by atoms with van der Waals surface area (Å²) in [5, 5.41) is 8.83. The lowest BCUT2D eigenvalue weighted by molar-refractivity contribution is -0.138. The second-order valence-electron chi connectivity index (χ2n) is 3.70. The van der Waals surface area contributed by atoms with Crippen LogP contribution in [0.3, 0.4) is 0 Å². The Balaban J connectivity index is 2.19. The van der Waals surface area contributed by atoms with E-state index < -0.39 is 12.0 Å². The Bertz CT molecular complexity index is 422. The lowest BCUT2D eigenvalue weighted by Gasteiger charge is -2.02. The molecular formula is C12H13NO3. The molecule has 1 aliphatic rings. The molecule has 1 aromatic carbocycles. The predicted molar refractivity (Wildman–Crippen MR) is 60.2 cm³/mol. The van der Waals surface area contributed by atoms with Crippen LogP contribution in [0.15, 0.2) is 29.3 Å².